The maximum absolute atomic E-state index is 12.7. The van der Waals surface area contributed by atoms with Gasteiger partial charge in [0.1, 0.15) is 6.54 Å². The van der Waals surface area contributed by atoms with Crippen LogP contribution in [-0.4, -0.2) is 44.4 Å². The second kappa shape index (κ2) is 6.56. The van der Waals surface area contributed by atoms with Gasteiger partial charge in [-0.25, -0.2) is 4.68 Å². The number of piperidine rings is 1. The number of likely N-dealkylation sites (tertiary alicyclic amines) is 1. The van der Waals surface area contributed by atoms with Crippen LogP contribution in [0.25, 0.3) is 0 Å². The molecule has 1 aliphatic heterocycles. The van der Waals surface area contributed by atoms with E-state index >= 15 is 0 Å². The molecule has 3 aliphatic rings. The minimum absolute atomic E-state index is 0.0112. The van der Waals surface area contributed by atoms with Crippen LogP contribution in [0.3, 0.4) is 0 Å². The van der Waals surface area contributed by atoms with Crippen LogP contribution in [0.2, 0.25) is 0 Å². The van der Waals surface area contributed by atoms with E-state index in [1.54, 1.807) is 6.07 Å². The molecule has 0 bridgehead atoms. The van der Waals surface area contributed by atoms with Crippen molar-refractivity contribution in [3.8, 4) is 0 Å². The zero-order chi connectivity index (χ0) is 17.4. The number of fused-ring (bicyclic) bond motifs is 2. The Morgan fingerprint density at radius 3 is 2.96 bits per heavy atom. The van der Waals surface area contributed by atoms with Crippen LogP contribution in [0.4, 0.5) is 0 Å². The third-order valence-electron chi connectivity index (χ3n) is 6.34. The predicted octanol–water partition coefficient (Wildman–Crippen LogP) is 1.28. The van der Waals surface area contributed by atoms with Gasteiger partial charge in [0.15, 0.2) is 0 Å². The van der Waals surface area contributed by atoms with Crippen LogP contribution >= 0.6 is 0 Å². The highest BCUT2D eigenvalue weighted by molar-refractivity contribution is 5.76. The Balaban J connectivity index is 1.46. The summed E-state index contributed by atoms with van der Waals surface area (Å²) in [5, 5.41) is 15.2. The summed E-state index contributed by atoms with van der Waals surface area (Å²) in [5.74, 6) is 0.116. The van der Waals surface area contributed by atoms with Crippen LogP contribution in [0, 0.1) is 5.92 Å². The van der Waals surface area contributed by atoms with Crippen LogP contribution in [0.5, 0.6) is 0 Å². The molecule has 136 valence electrons. The molecule has 1 aromatic rings. The van der Waals surface area contributed by atoms with E-state index in [-0.39, 0.29) is 23.9 Å². The van der Waals surface area contributed by atoms with Gasteiger partial charge in [-0.05, 0) is 50.5 Å². The molecule has 0 aromatic carbocycles. The summed E-state index contributed by atoms with van der Waals surface area (Å²) in [6, 6.07) is 1.66. The predicted molar refractivity (Wildman–Crippen MR) is 93.2 cm³/mol. The minimum Gasteiger partial charge on any atom is -0.389 e. The van der Waals surface area contributed by atoms with E-state index in [0.717, 1.165) is 62.6 Å². The van der Waals surface area contributed by atoms with E-state index in [1.165, 1.54) is 4.68 Å². The van der Waals surface area contributed by atoms with Crippen LogP contribution in [0.15, 0.2) is 10.9 Å². The average molecular weight is 345 g/mol. The van der Waals surface area contributed by atoms with Gasteiger partial charge in [0.25, 0.3) is 5.56 Å². The highest BCUT2D eigenvalue weighted by atomic mass is 16.3. The largest absolute Gasteiger partial charge is 0.389 e. The molecule has 6 nitrogen and oxygen atoms in total. The molecule has 4 rings (SSSR count). The van der Waals surface area contributed by atoms with Crippen molar-refractivity contribution in [1.82, 2.24) is 14.7 Å². The molecule has 0 radical (unpaired) electrons. The first-order chi connectivity index (χ1) is 12.0. The molecule has 2 heterocycles. The number of rotatable bonds is 2. The number of carbonyl (C=O) groups is 1. The Hall–Kier alpha value is -1.69. The fraction of sp³-hybridized carbons (Fsp3) is 0.737. The number of hydrogen-bond donors (Lipinski definition) is 1. The summed E-state index contributed by atoms with van der Waals surface area (Å²) >= 11 is 0. The number of aliphatic hydroxyl groups is 1. The molecule has 1 amide bonds. The minimum atomic E-state index is -0.587. The fourth-order valence-corrected chi connectivity index (χ4v) is 4.74. The molecule has 1 saturated carbocycles. The smallest absolute Gasteiger partial charge is 0.267 e. The van der Waals surface area contributed by atoms with Gasteiger partial charge >= 0.3 is 0 Å². The highest BCUT2D eigenvalue weighted by Crippen LogP contribution is 2.39. The van der Waals surface area contributed by atoms with Crippen molar-refractivity contribution < 1.29 is 9.90 Å². The lowest BCUT2D eigenvalue weighted by Gasteiger charge is -2.47. The topological polar surface area (TPSA) is 75.4 Å². The second-order valence-corrected chi connectivity index (χ2v) is 7.96. The first-order valence-corrected chi connectivity index (χ1v) is 9.65. The third kappa shape index (κ3) is 3.24. The summed E-state index contributed by atoms with van der Waals surface area (Å²) in [5.41, 5.74) is 1.25. The standard InChI is InChI=1S/C19H27N3O3/c23-17-11-14-5-1-2-7-16(14)20-22(17)13-18(24)21-10-9-19(25)8-4-3-6-15(19)12-21/h11,15,25H,1-10,12-13H2/t15-,19+/m1/s1. The van der Waals surface area contributed by atoms with E-state index < -0.39 is 5.60 Å². The maximum Gasteiger partial charge on any atom is 0.267 e. The zero-order valence-electron chi connectivity index (χ0n) is 14.7. The maximum atomic E-state index is 12.7. The Labute approximate surface area is 147 Å². The molecule has 25 heavy (non-hydrogen) atoms. The third-order valence-corrected chi connectivity index (χ3v) is 6.34. The highest BCUT2D eigenvalue weighted by Gasteiger charge is 2.43. The summed E-state index contributed by atoms with van der Waals surface area (Å²) in [6.45, 7) is 1.19. The summed E-state index contributed by atoms with van der Waals surface area (Å²) in [7, 11) is 0. The monoisotopic (exact) mass is 345 g/mol. The molecule has 2 fully saturated rings. The van der Waals surface area contributed by atoms with Gasteiger partial charge in [0.2, 0.25) is 5.91 Å². The number of carbonyl (C=O) groups excluding carboxylic acids is 1. The number of aromatic nitrogens is 2. The van der Waals surface area contributed by atoms with Gasteiger partial charge < -0.3 is 10.0 Å². The number of hydrogen-bond acceptors (Lipinski definition) is 4. The molecular weight excluding hydrogens is 318 g/mol. The van der Waals surface area contributed by atoms with Crippen molar-refractivity contribution in [2.45, 2.75) is 69.9 Å². The van der Waals surface area contributed by atoms with E-state index in [0.29, 0.717) is 19.5 Å². The second-order valence-electron chi connectivity index (χ2n) is 7.96. The molecule has 2 aliphatic carbocycles. The molecule has 2 atom stereocenters. The lowest BCUT2D eigenvalue weighted by Crippen LogP contribution is -2.55. The first-order valence-electron chi connectivity index (χ1n) is 9.65. The van der Waals surface area contributed by atoms with Crippen molar-refractivity contribution in [2.24, 2.45) is 5.92 Å². The van der Waals surface area contributed by atoms with E-state index in [9.17, 15) is 14.7 Å². The molecular formula is C19H27N3O3. The van der Waals surface area contributed by atoms with Crippen molar-refractivity contribution in [3.05, 3.63) is 27.7 Å². The fourth-order valence-electron chi connectivity index (χ4n) is 4.74. The van der Waals surface area contributed by atoms with Crippen molar-refractivity contribution >= 4 is 5.91 Å². The Kier molecular flexibility index (Phi) is 4.40. The average Bonchev–Trinajstić information content (AvgIpc) is 2.61. The Morgan fingerprint density at radius 1 is 1.24 bits per heavy atom. The molecule has 1 saturated heterocycles. The van der Waals surface area contributed by atoms with Crippen molar-refractivity contribution in [2.75, 3.05) is 13.1 Å². The van der Waals surface area contributed by atoms with Crippen LogP contribution in [-0.2, 0) is 24.2 Å². The number of aryl methyl sites for hydroxylation is 2. The SMILES string of the molecule is O=C(Cn1nc2c(cc1=O)CCCC2)N1CC[C@@]2(O)CCCC[C@@H]2C1. The number of amides is 1. The molecule has 6 heteroatoms. The van der Waals surface area contributed by atoms with E-state index in [2.05, 4.69) is 5.10 Å². The van der Waals surface area contributed by atoms with E-state index in [1.807, 2.05) is 4.90 Å². The quantitative estimate of drug-likeness (QED) is 0.876. The molecule has 1 N–H and O–H groups in total. The van der Waals surface area contributed by atoms with Crippen LogP contribution in [0.1, 0.15) is 56.2 Å². The van der Waals surface area contributed by atoms with Gasteiger partial charge in [-0.2, -0.15) is 5.10 Å². The van der Waals surface area contributed by atoms with Gasteiger partial charge in [-0.3, -0.25) is 9.59 Å². The Bertz CT molecular complexity index is 729. The van der Waals surface area contributed by atoms with Gasteiger partial charge in [-0.1, -0.05) is 12.8 Å². The van der Waals surface area contributed by atoms with Gasteiger partial charge in [0.05, 0.1) is 11.3 Å². The Morgan fingerprint density at radius 2 is 2.08 bits per heavy atom. The van der Waals surface area contributed by atoms with Crippen molar-refractivity contribution in [1.29, 1.82) is 0 Å². The van der Waals surface area contributed by atoms with Crippen LogP contribution < -0.4 is 5.56 Å². The summed E-state index contributed by atoms with van der Waals surface area (Å²) in [4.78, 5) is 26.8. The summed E-state index contributed by atoms with van der Waals surface area (Å²) < 4.78 is 1.33. The number of nitrogens with zero attached hydrogens (tertiary/aromatic N) is 3. The zero-order valence-corrected chi connectivity index (χ0v) is 14.7. The molecule has 1 aromatic heterocycles. The van der Waals surface area contributed by atoms with E-state index in [4.69, 9.17) is 0 Å². The normalized spacial score (nSPS) is 29.0. The summed E-state index contributed by atoms with van der Waals surface area (Å²) in [6.07, 6.45) is 8.70. The lowest BCUT2D eigenvalue weighted by atomic mass is 9.71. The van der Waals surface area contributed by atoms with Gasteiger partial charge in [-0.15, -0.1) is 0 Å². The first kappa shape index (κ1) is 16.8. The van der Waals surface area contributed by atoms with Gasteiger partial charge in [0, 0.05) is 25.1 Å². The lowest BCUT2D eigenvalue weighted by molar-refractivity contribution is -0.144. The molecule has 0 spiro atoms. The van der Waals surface area contributed by atoms with Crippen molar-refractivity contribution in [3.63, 3.8) is 0 Å². The molecule has 0 unspecified atom stereocenters.